The topological polar surface area (TPSA) is 66.9 Å². The van der Waals surface area contributed by atoms with Gasteiger partial charge in [-0.05, 0) is 12.1 Å². The van der Waals surface area contributed by atoms with Crippen LogP contribution in [0.2, 0.25) is 0 Å². The molecule has 1 fully saturated rings. The van der Waals surface area contributed by atoms with Gasteiger partial charge in [-0.1, -0.05) is 12.1 Å². The fourth-order valence-electron chi connectivity index (χ4n) is 2.29. The number of hydrogen-bond donors (Lipinski definition) is 0. The molecule has 1 aliphatic rings. The number of anilines is 1. The Morgan fingerprint density at radius 3 is 2.30 bits per heavy atom. The molecule has 1 aliphatic heterocycles. The van der Waals surface area contributed by atoms with E-state index in [9.17, 15) is 13.2 Å². The van der Waals surface area contributed by atoms with Gasteiger partial charge in [0.2, 0.25) is 10.0 Å². The summed E-state index contributed by atoms with van der Waals surface area (Å²) in [5.41, 5.74) is 1.29. The van der Waals surface area contributed by atoms with Crippen molar-refractivity contribution in [2.45, 2.75) is 0 Å². The Kier molecular flexibility index (Phi) is 4.29. The lowest BCUT2D eigenvalue weighted by atomic mass is 10.1. The monoisotopic (exact) mass is 298 g/mol. The molecule has 20 heavy (non-hydrogen) atoms. The molecule has 0 aliphatic carbocycles. The van der Waals surface area contributed by atoms with Crippen molar-refractivity contribution in [1.29, 1.82) is 0 Å². The van der Waals surface area contributed by atoms with Gasteiger partial charge in [-0.15, -0.1) is 0 Å². The number of nitrogens with zero attached hydrogens (tertiary/aromatic N) is 2. The van der Waals surface area contributed by atoms with Crippen LogP contribution in [0.4, 0.5) is 5.69 Å². The van der Waals surface area contributed by atoms with E-state index in [1.54, 1.807) is 12.1 Å². The second kappa shape index (κ2) is 5.80. The number of para-hydroxylation sites is 1. The minimum absolute atomic E-state index is 0.383. The highest BCUT2D eigenvalue weighted by Crippen LogP contribution is 2.23. The molecule has 0 N–H and O–H groups in total. The van der Waals surface area contributed by atoms with E-state index < -0.39 is 10.0 Å². The van der Waals surface area contributed by atoms with Crippen LogP contribution in [0.5, 0.6) is 0 Å². The van der Waals surface area contributed by atoms with Crippen LogP contribution in [0.25, 0.3) is 0 Å². The van der Waals surface area contributed by atoms with Crippen LogP contribution in [0.3, 0.4) is 0 Å². The van der Waals surface area contributed by atoms with Gasteiger partial charge in [-0.3, -0.25) is 0 Å². The van der Waals surface area contributed by atoms with Crippen LogP contribution in [-0.2, 0) is 14.8 Å². The van der Waals surface area contributed by atoms with Crippen molar-refractivity contribution in [3.63, 3.8) is 0 Å². The molecule has 2 rings (SSSR count). The number of sulfonamides is 1. The van der Waals surface area contributed by atoms with Crippen LogP contribution >= 0.6 is 0 Å². The van der Waals surface area contributed by atoms with E-state index in [1.807, 2.05) is 17.0 Å². The first-order chi connectivity index (χ1) is 9.43. The van der Waals surface area contributed by atoms with Crippen LogP contribution in [0.15, 0.2) is 24.3 Å². The predicted molar refractivity (Wildman–Crippen MR) is 76.4 cm³/mol. The third-order valence-corrected chi connectivity index (χ3v) is 4.66. The number of hydrogen-bond acceptors (Lipinski definition) is 5. The Bertz CT molecular complexity index is 592. The molecular formula is C13H18N2O4S. The minimum atomic E-state index is -3.15. The van der Waals surface area contributed by atoms with E-state index in [0.29, 0.717) is 31.7 Å². The quantitative estimate of drug-likeness (QED) is 0.763. The number of benzene rings is 1. The molecule has 110 valence electrons. The van der Waals surface area contributed by atoms with Crippen molar-refractivity contribution in [3.8, 4) is 0 Å². The highest BCUT2D eigenvalue weighted by atomic mass is 32.2. The number of ether oxygens (including phenoxy) is 1. The molecule has 1 heterocycles. The van der Waals surface area contributed by atoms with Gasteiger partial charge in [0, 0.05) is 26.2 Å². The van der Waals surface area contributed by atoms with Crippen LogP contribution in [0, 0.1) is 0 Å². The molecular weight excluding hydrogens is 280 g/mol. The lowest BCUT2D eigenvalue weighted by Crippen LogP contribution is -2.48. The molecule has 0 bridgehead atoms. The van der Waals surface area contributed by atoms with Crippen molar-refractivity contribution in [2.75, 3.05) is 44.4 Å². The van der Waals surface area contributed by atoms with Crippen molar-refractivity contribution >= 4 is 21.7 Å². The SMILES string of the molecule is COC(=O)c1ccccc1N1CCN(S(C)(=O)=O)CC1. The Hall–Kier alpha value is -1.60. The summed E-state index contributed by atoms with van der Waals surface area (Å²) >= 11 is 0. The third-order valence-electron chi connectivity index (χ3n) is 3.36. The molecule has 0 spiro atoms. The zero-order chi connectivity index (χ0) is 14.8. The summed E-state index contributed by atoms with van der Waals surface area (Å²) in [4.78, 5) is 13.8. The number of piperazine rings is 1. The van der Waals surface area contributed by atoms with Crippen molar-refractivity contribution in [3.05, 3.63) is 29.8 Å². The molecule has 1 aromatic carbocycles. The molecule has 7 heteroatoms. The smallest absolute Gasteiger partial charge is 0.339 e. The Morgan fingerprint density at radius 2 is 1.75 bits per heavy atom. The number of methoxy groups -OCH3 is 1. The lowest BCUT2D eigenvalue weighted by molar-refractivity contribution is 0.0601. The Balaban J connectivity index is 2.17. The van der Waals surface area contributed by atoms with Crippen LogP contribution in [0.1, 0.15) is 10.4 Å². The second-order valence-corrected chi connectivity index (χ2v) is 6.64. The number of carbonyl (C=O) groups is 1. The molecule has 1 saturated heterocycles. The van der Waals surface area contributed by atoms with Gasteiger partial charge in [-0.25, -0.2) is 13.2 Å². The van der Waals surface area contributed by atoms with Gasteiger partial charge in [0.25, 0.3) is 0 Å². The normalized spacial score (nSPS) is 17.0. The van der Waals surface area contributed by atoms with Crippen molar-refractivity contribution in [2.24, 2.45) is 0 Å². The van der Waals surface area contributed by atoms with E-state index in [4.69, 9.17) is 4.74 Å². The highest BCUT2D eigenvalue weighted by Gasteiger charge is 2.25. The first-order valence-corrected chi connectivity index (χ1v) is 8.15. The van der Waals surface area contributed by atoms with E-state index in [2.05, 4.69) is 0 Å². The van der Waals surface area contributed by atoms with E-state index >= 15 is 0 Å². The number of carbonyl (C=O) groups excluding carboxylic acids is 1. The van der Waals surface area contributed by atoms with Crippen LogP contribution in [-0.4, -0.2) is 58.2 Å². The summed E-state index contributed by atoms with van der Waals surface area (Å²) in [6.45, 7) is 1.96. The summed E-state index contributed by atoms with van der Waals surface area (Å²) in [5.74, 6) is -0.383. The predicted octanol–water partition coefficient (Wildman–Crippen LogP) is 0.555. The molecule has 0 aromatic heterocycles. The van der Waals surface area contributed by atoms with Gasteiger partial charge in [0.05, 0.1) is 24.6 Å². The average molecular weight is 298 g/mol. The third kappa shape index (κ3) is 3.10. The van der Waals surface area contributed by atoms with Gasteiger partial charge >= 0.3 is 5.97 Å². The molecule has 0 saturated carbocycles. The fraction of sp³-hybridized carbons (Fsp3) is 0.462. The minimum Gasteiger partial charge on any atom is -0.465 e. The van der Waals surface area contributed by atoms with Crippen molar-refractivity contribution in [1.82, 2.24) is 4.31 Å². The highest BCUT2D eigenvalue weighted by molar-refractivity contribution is 7.88. The van der Waals surface area contributed by atoms with Gasteiger partial charge in [-0.2, -0.15) is 4.31 Å². The number of rotatable bonds is 3. The molecule has 0 radical (unpaired) electrons. The summed E-state index contributed by atoms with van der Waals surface area (Å²) in [6.07, 6.45) is 1.21. The molecule has 0 unspecified atom stereocenters. The Labute approximate surface area is 119 Å². The summed E-state index contributed by atoms with van der Waals surface area (Å²) in [5, 5.41) is 0. The van der Waals surface area contributed by atoms with Gasteiger partial charge in [0.15, 0.2) is 0 Å². The maximum Gasteiger partial charge on any atom is 0.339 e. The fourth-order valence-corrected chi connectivity index (χ4v) is 3.12. The zero-order valence-electron chi connectivity index (χ0n) is 11.6. The van der Waals surface area contributed by atoms with Gasteiger partial charge in [0.1, 0.15) is 0 Å². The van der Waals surface area contributed by atoms with Gasteiger partial charge < -0.3 is 9.64 Å². The molecule has 6 nitrogen and oxygen atoms in total. The molecule has 0 atom stereocenters. The Morgan fingerprint density at radius 1 is 1.15 bits per heavy atom. The second-order valence-electron chi connectivity index (χ2n) is 4.66. The molecule has 1 aromatic rings. The first kappa shape index (κ1) is 14.8. The summed E-state index contributed by atoms with van der Waals surface area (Å²) in [7, 11) is -1.80. The van der Waals surface area contributed by atoms with Crippen molar-refractivity contribution < 1.29 is 17.9 Å². The maximum atomic E-state index is 11.7. The molecule has 0 amide bonds. The van der Waals surface area contributed by atoms with E-state index in [-0.39, 0.29) is 5.97 Å². The lowest BCUT2D eigenvalue weighted by Gasteiger charge is -2.35. The largest absolute Gasteiger partial charge is 0.465 e. The summed E-state index contributed by atoms with van der Waals surface area (Å²) in [6, 6.07) is 7.19. The zero-order valence-corrected chi connectivity index (χ0v) is 12.4. The maximum absolute atomic E-state index is 11.7. The first-order valence-electron chi connectivity index (χ1n) is 6.31. The number of esters is 1. The summed E-state index contributed by atoms with van der Waals surface area (Å²) < 4.78 is 29.2. The van der Waals surface area contributed by atoms with E-state index in [0.717, 1.165) is 5.69 Å². The van der Waals surface area contributed by atoms with Crippen LogP contribution < -0.4 is 4.90 Å². The average Bonchev–Trinajstić information content (AvgIpc) is 2.45. The van der Waals surface area contributed by atoms with E-state index in [1.165, 1.54) is 17.7 Å². The standard InChI is InChI=1S/C13H18N2O4S/c1-19-13(16)11-5-3-4-6-12(11)14-7-9-15(10-8-14)20(2,17)18/h3-6H,7-10H2,1-2H3.